The minimum absolute atomic E-state index is 0.0483. The Hall–Kier alpha value is -2.15. The number of nitro benzene ring substituents is 1. The summed E-state index contributed by atoms with van der Waals surface area (Å²) < 4.78 is 11.5. The van der Waals surface area contributed by atoms with E-state index >= 15 is 0 Å². The summed E-state index contributed by atoms with van der Waals surface area (Å²) in [5, 5.41) is 11.4. The lowest BCUT2D eigenvalue weighted by Crippen LogP contribution is -2.44. The molecule has 1 aliphatic heterocycles. The highest BCUT2D eigenvalue weighted by atomic mass is 35.5. The minimum Gasteiger partial charge on any atom is -0.491 e. The van der Waals surface area contributed by atoms with E-state index in [1.54, 1.807) is 12.1 Å². The van der Waals surface area contributed by atoms with Crippen LogP contribution in [0.15, 0.2) is 48.5 Å². The Morgan fingerprint density at radius 2 is 2.00 bits per heavy atom. The molecule has 0 amide bonds. The van der Waals surface area contributed by atoms with Crippen molar-refractivity contribution in [1.29, 1.82) is 0 Å². The first-order valence-electron chi connectivity index (χ1n) is 8.06. The molecule has 0 bridgehead atoms. The van der Waals surface area contributed by atoms with Gasteiger partial charge in [0.25, 0.3) is 5.69 Å². The molecular weight excluding hydrogens is 344 g/mol. The summed E-state index contributed by atoms with van der Waals surface area (Å²) in [5.74, 6) is 0.595. The average Bonchev–Trinajstić information content (AvgIpc) is 2.63. The summed E-state index contributed by atoms with van der Waals surface area (Å²) in [7, 11) is 0. The van der Waals surface area contributed by atoms with Gasteiger partial charge in [0.15, 0.2) is 0 Å². The highest BCUT2D eigenvalue weighted by Crippen LogP contribution is 2.20. The van der Waals surface area contributed by atoms with Gasteiger partial charge in [-0.2, -0.15) is 0 Å². The fraction of sp³-hybridized carbons (Fsp3) is 0.333. The zero-order chi connectivity index (χ0) is 17.6. The lowest BCUT2D eigenvalue weighted by molar-refractivity contribution is -0.384. The molecule has 0 saturated carbocycles. The minimum atomic E-state index is -0.430. The van der Waals surface area contributed by atoms with Crippen LogP contribution in [-0.2, 0) is 11.3 Å². The molecule has 0 aliphatic carbocycles. The number of nitrogens with zero attached hydrogens (tertiary/aromatic N) is 2. The second-order valence-corrected chi connectivity index (χ2v) is 6.29. The van der Waals surface area contributed by atoms with Crippen molar-refractivity contribution in [2.75, 3.05) is 26.3 Å². The molecule has 1 atom stereocenters. The van der Waals surface area contributed by atoms with Gasteiger partial charge >= 0.3 is 0 Å². The van der Waals surface area contributed by atoms with Crippen molar-refractivity contribution in [2.45, 2.75) is 12.6 Å². The van der Waals surface area contributed by atoms with Crippen molar-refractivity contribution in [3.8, 4) is 5.75 Å². The van der Waals surface area contributed by atoms with Gasteiger partial charge in [0.2, 0.25) is 0 Å². The standard InChI is InChI=1S/C18H19ClN2O4/c19-18-4-2-1-3-14(18)11-20-9-10-24-17(12-20)13-25-16-7-5-15(6-8-16)21(22)23/h1-8,17H,9-13H2/t17-/m1/s1. The number of hydrogen-bond acceptors (Lipinski definition) is 5. The zero-order valence-corrected chi connectivity index (χ0v) is 14.4. The molecule has 0 unspecified atom stereocenters. The van der Waals surface area contributed by atoms with E-state index in [0.29, 0.717) is 19.0 Å². The van der Waals surface area contributed by atoms with E-state index < -0.39 is 4.92 Å². The Bertz CT molecular complexity index is 723. The van der Waals surface area contributed by atoms with Crippen LogP contribution < -0.4 is 4.74 Å². The fourth-order valence-corrected chi connectivity index (χ4v) is 2.94. The van der Waals surface area contributed by atoms with E-state index in [1.807, 2.05) is 24.3 Å². The normalized spacial score (nSPS) is 18.0. The van der Waals surface area contributed by atoms with Gasteiger partial charge in [0, 0.05) is 36.8 Å². The molecule has 1 aliphatic rings. The van der Waals surface area contributed by atoms with Crippen molar-refractivity contribution in [3.63, 3.8) is 0 Å². The molecule has 0 aromatic heterocycles. The van der Waals surface area contributed by atoms with Crippen LogP contribution in [-0.4, -0.2) is 42.2 Å². The lowest BCUT2D eigenvalue weighted by atomic mass is 10.2. The monoisotopic (exact) mass is 362 g/mol. The Morgan fingerprint density at radius 3 is 2.72 bits per heavy atom. The number of benzene rings is 2. The third-order valence-corrected chi connectivity index (χ3v) is 4.43. The van der Waals surface area contributed by atoms with E-state index in [-0.39, 0.29) is 11.8 Å². The van der Waals surface area contributed by atoms with Gasteiger partial charge in [0.1, 0.15) is 18.5 Å². The average molecular weight is 363 g/mol. The maximum absolute atomic E-state index is 10.7. The van der Waals surface area contributed by atoms with Crippen LogP contribution in [0, 0.1) is 10.1 Å². The second kappa shape index (κ2) is 8.29. The van der Waals surface area contributed by atoms with Crippen LogP contribution in [0.2, 0.25) is 5.02 Å². The number of nitro groups is 1. The molecule has 132 valence electrons. The third kappa shape index (κ3) is 4.92. The lowest BCUT2D eigenvalue weighted by Gasteiger charge is -2.33. The molecule has 0 N–H and O–H groups in total. The van der Waals surface area contributed by atoms with Gasteiger partial charge < -0.3 is 9.47 Å². The second-order valence-electron chi connectivity index (χ2n) is 5.88. The molecule has 6 nitrogen and oxygen atoms in total. The van der Waals surface area contributed by atoms with Crippen molar-refractivity contribution < 1.29 is 14.4 Å². The number of non-ortho nitro benzene ring substituents is 1. The predicted octanol–water partition coefficient (Wildman–Crippen LogP) is 3.53. The molecule has 1 heterocycles. The molecular formula is C18H19ClN2O4. The van der Waals surface area contributed by atoms with Crippen LogP contribution in [0.3, 0.4) is 0 Å². The van der Waals surface area contributed by atoms with Gasteiger partial charge in [-0.05, 0) is 23.8 Å². The molecule has 2 aromatic carbocycles. The molecule has 2 aromatic rings. The van der Waals surface area contributed by atoms with Crippen LogP contribution in [0.1, 0.15) is 5.56 Å². The maximum atomic E-state index is 10.7. The van der Waals surface area contributed by atoms with Gasteiger partial charge in [-0.25, -0.2) is 0 Å². The number of halogens is 1. The first-order valence-corrected chi connectivity index (χ1v) is 8.44. The Balaban J connectivity index is 1.51. The van der Waals surface area contributed by atoms with E-state index in [1.165, 1.54) is 12.1 Å². The largest absolute Gasteiger partial charge is 0.491 e. The summed E-state index contributed by atoms with van der Waals surface area (Å²) >= 11 is 6.23. The number of ether oxygens (including phenoxy) is 2. The Morgan fingerprint density at radius 1 is 1.24 bits per heavy atom. The Kier molecular flexibility index (Phi) is 5.86. The van der Waals surface area contributed by atoms with Crippen LogP contribution in [0.4, 0.5) is 5.69 Å². The highest BCUT2D eigenvalue weighted by molar-refractivity contribution is 6.31. The van der Waals surface area contributed by atoms with Gasteiger partial charge in [-0.15, -0.1) is 0 Å². The summed E-state index contributed by atoms with van der Waals surface area (Å²) in [5.41, 5.74) is 1.15. The SMILES string of the molecule is O=[N+]([O-])c1ccc(OC[C@H]2CN(Cc3ccccc3Cl)CCO2)cc1. The van der Waals surface area contributed by atoms with E-state index in [4.69, 9.17) is 21.1 Å². The van der Waals surface area contributed by atoms with Crippen molar-refractivity contribution in [2.24, 2.45) is 0 Å². The number of morpholine rings is 1. The third-order valence-electron chi connectivity index (χ3n) is 4.06. The molecule has 1 saturated heterocycles. The molecule has 3 rings (SSSR count). The molecule has 1 fully saturated rings. The van der Waals surface area contributed by atoms with Crippen LogP contribution in [0.25, 0.3) is 0 Å². The van der Waals surface area contributed by atoms with Gasteiger partial charge in [-0.3, -0.25) is 15.0 Å². The van der Waals surface area contributed by atoms with Crippen LogP contribution in [0.5, 0.6) is 5.75 Å². The summed E-state index contributed by atoms with van der Waals surface area (Å²) in [6.45, 7) is 3.41. The van der Waals surface area contributed by atoms with Crippen LogP contribution >= 0.6 is 11.6 Å². The molecule has 0 spiro atoms. The smallest absolute Gasteiger partial charge is 0.269 e. The topological polar surface area (TPSA) is 64.8 Å². The molecule has 0 radical (unpaired) electrons. The molecule has 7 heteroatoms. The summed E-state index contributed by atoms with van der Waals surface area (Å²) in [6.07, 6.45) is -0.0496. The maximum Gasteiger partial charge on any atom is 0.269 e. The van der Waals surface area contributed by atoms with E-state index in [2.05, 4.69) is 4.90 Å². The van der Waals surface area contributed by atoms with Crippen molar-refractivity contribution in [3.05, 3.63) is 69.2 Å². The van der Waals surface area contributed by atoms with Gasteiger partial charge in [0.05, 0.1) is 11.5 Å². The summed E-state index contributed by atoms with van der Waals surface area (Å²) in [6, 6.07) is 13.9. The van der Waals surface area contributed by atoms with Crippen molar-refractivity contribution in [1.82, 2.24) is 4.90 Å². The van der Waals surface area contributed by atoms with E-state index in [0.717, 1.165) is 30.2 Å². The number of rotatable bonds is 6. The summed E-state index contributed by atoms with van der Waals surface area (Å²) in [4.78, 5) is 12.5. The molecule has 25 heavy (non-hydrogen) atoms. The Labute approximate surface area is 151 Å². The first-order chi connectivity index (χ1) is 12.1. The van der Waals surface area contributed by atoms with Crippen molar-refractivity contribution >= 4 is 17.3 Å². The van der Waals surface area contributed by atoms with E-state index in [9.17, 15) is 10.1 Å². The predicted molar refractivity (Wildman–Crippen MR) is 95.1 cm³/mol. The first kappa shape index (κ1) is 17.7. The van der Waals surface area contributed by atoms with Gasteiger partial charge in [-0.1, -0.05) is 29.8 Å². The fourth-order valence-electron chi connectivity index (χ4n) is 2.75. The highest BCUT2D eigenvalue weighted by Gasteiger charge is 2.21. The number of hydrogen-bond donors (Lipinski definition) is 0. The quantitative estimate of drug-likeness (QED) is 0.581. The zero-order valence-electron chi connectivity index (χ0n) is 13.6.